The second-order valence-electron chi connectivity index (χ2n) is 5.20. The van der Waals surface area contributed by atoms with Crippen molar-refractivity contribution < 1.29 is 14.1 Å². The number of halogens is 2. The Kier molecular flexibility index (Phi) is 3.08. The zero-order valence-electron chi connectivity index (χ0n) is 11.6. The van der Waals surface area contributed by atoms with Gasteiger partial charge < -0.3 is 4.74 Å². The largest absolute Gasteiger partial charge is 0.453 e. The Morgan fingerprint density at radius 1 is 1.35 bits per heavy atom. The number of rotatable bonds is 3. The topological polar surface area (TPSA) is 70.2 Å². The van der Waals surface area contributed by atoms with E-state index in [0.717, 1.165) is 40.0 Å². The number of ether oxygens (including phenoxy) is 1. The van der Waals surface area contributed by atoms with Crippen LogP contribution in [0.1, 0.15) is 5.56 Å². The molecule has 0 radical (unpaired) electrons. The molecule has 3 aromatic rings. The van der Waals surface area contributed by atoms with Crippen LogP contribution in [0, 0.1) is 15.9 Å². The Morgan fingerprint density at radius 2 is 2.17 bits per heavy atom. The number of nitro groups is 1. The van der Waals surface area contributed by atoms with E-state index < -0.39 is 10.7 Å². The predicted octanol–water partition coefficient (Wildman–Crippen LogP) is 4.19. The van der Waals surface area contributed by atoms with Gasteiger partial charge in [0.25, 0.3) is 5.69 Å². The van der Waals surface area contributed by atoms with E-state index in [-0.39, 0.29) is 11.4 Å². The highest BCUT2D eigenvalue weighted by Crippen LogP contribution is 2.41. The SMILES string of the molecule is O=[N+]([O-])c1ccc(Oc2cc3cnn4c3c(c2Br)CC4)c(F)c1. The summed E-state index contributed by atoms with van der Waals surface area (Å²) >= 11 is 3.50. The second-order valence-corrected chi connectivity index (χ2v) is 5.99. The Balaban J connectivity index is 1.77. The van der Waals surface area contributed by atoms with E-state index in [9.17, 15) is 14.5 Å². The van der Waals surface area contributed by atoms with Crippen molar-refractivity contribution in [1.29, 1.82) is 0 Å². The number of benzene rings is 2. The number of aromatic nitrogens is 2. The molecule has 0 saturated carbocycles. The van der Waals surface area contributed by atoms with Gasteiger partial charge in [0.05, 0.1) is 27.2 Å². The first kappa shape index (κ1) is 14.1. The van der Waals surface area contributed by atoms with Crippen molar-refractivity contribution in [2.75, 3.05) is 0 Å². The summed E-state index contributed by atoms with van der Waals surface area (Å²) in [6, 6.07) is 5.09. The van der Waals surface area contributed by atoms with Crippen LogP contribution in [0.15, 0.2) is 34.9 Å². The fourth-order valence-electron chi connectivity index (χ4n) is 2.79. The third-order valence-corrected chi connectivity index (χ3v) is 4.71. The molecule has 1 aliphatic rings. The quantitative estimate of drug-likeness (QED) is 0.506. The van der Waals surface area contributed by atoms with Gasteiger partial charge in [0.1, 0.15) is 5.75 Å². The lowest BCUT2D eigenvalue weighted by Gasteiger charge is -2.11. The van der Waals surface area contributed by atoms with Crippen LogP contribution in [0.5, 0.6) is 11.5 Å². The number of nitro benzene ring substituents is 1. The molecular formula is C15H9BrFN3O3. The van der Waals surface area contributed by atoms with E-state index >= 15 is 0 Å². The highest BCUT2D eigenvalue weighted by molar-refractivity contribution is 9.10. The lowest BCUT2D eigenvalue weighted by molar-refractivity contribution is -0.385. The minimum absolute atomic E-state index is 0.0618. The molecule has 1 aliphatic heterocycles. The highest BCUT2D eigenvalue weighted by Gasteiger charge is 2.22. The smallest absolute Gasteiger partial charge is 0.272 e. The molecular weight excluding hydrogens is 369 g/mol. The number of aryl methyl sites for hydroxylation is 2. The van der Waals surface area contributed by atoms with Gasteiger partial charge in [-0.05, 0) is 40.0 Å². The summed E-state index contributed by atoms with van der Waals surface area (Å²) in [6.07, 6.45) is 2.56. The number of nitrogens with zero attached hydrogens (tertiary/aromatic N) is 3. The van der Waals surface area contributed by atoms with Crippen molar-refractivity contribution in [1.82, 2.24) is 9.78 Å². The van der Waals surface area contributed by atoms with Gasteiger partial charge in [-0.3, -0.25) is 14.8 Å². The van der Waals surface area contributed by atoms with Gasteiger partial charge >= 0.3 is 0 Å². The molecule has 1 aromatic heterocycles. The lowest BCUT2D eigenvalue weighted by atomic mass is 10.1. The Bertz CT molecular complexity index is 970. The van der Waals surface area contributed by atoms with Gasteiger partial charge in [0.2, 0.25) is 0 Å². The summed E-state index contributed by atoms with van der Waals surface area (Å²) < 4.78 is 22.3. The Labute approximate surface area is 137 Å². The van der Waals surface area contributed by atoms with Crippen LogP contribution in [0.3, 0.4) is 0 Å². The van der Waals surface area contributed by atoms with E-state index in [0.29, 0.717) is 5.75 Å². The van der Waals surface area contributed by atoms with E-state index in [1.54, 1.807) is 12.3 Å². The van der Waals surface area contributed by atoms with Gasteiger partial charge in [-0.1, -0.05) is 0 Å². The van der Waals surface area contributed by atoms with Crippen molar-refractivity contribution >= 4 is 32.5 Å². The first-order valence-corrected chi connectivity index (χ1v) is 7.62. The van der Waals surface area contributed by atoms with Crippen LogP contribution in [0.25, 0.3) is 10.9 Å². The summed E-state index contributed by atoms with van der Waals surface area (Å²) in [5, 5.41) is 15.9. The molecule has 0 N–H and O–H groups in total. The normalized spacial score (nSPS) is 12.8. The molecule has 0 fully saturated rings. The average Bonchev–Trinajstić information content (AvgIpc) is 3.11. The zero-order chi connectivity index (χ0) is 16.1. The monoisotopic (exact) mass is 377 g/mol. The van der Waals surface area contributed by atoms with Crippen LogP contribution in [0.2, 0.25) is 0 Å². The lowest BCUT2D eigenvalue weighted by Crippen LogP contribution is -1.94. The molecule has 4 rings (SSSR count). The fraction of sp³-hybridized carbons (Fsp3) is 0.133. The molecule has 2 aromatic carbocycles. The van der Waals surface area contributed by atoms with E-state index in [1.165, 1.54) is 12.1 Å². The Morgan fingerprint density at radius 3 is 2.91 bits per heavy atom. The second kappa shape index (κ2) is 5.02. The molecule has 0 unspecified atom stereocenters. The van der Waals surface area contributed by atoms with Crippen molar-refractivity contribution in [3.63, 3.8) is 0 Å². The maximum atomic E-state index is 14.0. The molecule has 0 spiro atoms. The standard InChI is InChI=1S/C15H9BrFN3O3/c16-14-10-3-4-19-15(10)8(7-18-19)5-13(14)23-12-2-1-9(20(21)22)6-11(12)17/h1-2,5-7H,3-4H2. The summed E-state index contributed by atoms with van der Waals surface area (Å²) in [5.74, 6) is -0.381. The third kappa shape index (κ3) is 2.17. The maximum Gasteiger partial charge on any atom is 0.272 e. The minimum Gasteiger partial charge on any atom is -0.453 e. The van der Waals surface area contributed by atoms with Crippen molar-refractivity contribution in [2.24, 2.45) is 0 Å². The highest BCUT2D eigenvalue weighted by atomic mass is 79.9. The molecule has 23 heavy (non-hydrogen) atoms. The molecule has 0 atom stereocenters. The number of non-ortho nitro benzene ring substituents is 1. The molecule has 0 aliphatic carbocycles. The van der Waals surface area contributed by atoms with Crippen molar-refractivity contribution in [3.8, 4) is 11.5 Å². The molecule has 0 amide bonds. The summed E-state index contributed by atoms with van der Waals surface area (Å²) in [6.45, 7) is 0.798. The number of hydrogen-bond acceptors (Lipinski definition) is 4. The molecule has 8 heteroatoms. The maximum absolute atomic E-state index is 14.0. The first-order valence-electron chi connectivity index (χ1n) is 6.83. The average molecular weight is 378 g/mol. The fourth-order valence-corrected chi connectivity index (χ4v) is 3.37. The van der Waals surface area contributed by atoms with Crippen LogP contribution in [0.4, 0.5) is 10.1 Å². The third-order valence-electron chi connectivity index (χ3n) is 3.84. The number of hydrogen-bond donors (Lipinski definition) is 0. The van der Waals surface area contributed by atoms with E-state index in [1.807, 2.05) is 4.68 Å². The van der Waals surface area contributed by atoms with Gasteiger partial charge in [-0.2, -0.15) is 5.10 Å². The van der Waals surface area contributed by atoms with E-state index in [2.05, 4.69) is 21.0 Å². The van der Waals surface area contributed by atoms with Crippen molar-refractivity contribution in [3.05, 3.63) is 56.4 Å². The van der Waals surface area contributed by atoms with Crippen LogP contribution >= 0.6 is 15.9 Å². The van der Waals surface area contributed by atoms with E-state index in [4.69, 9.17) is 4.74 Å². The van der Waals surface area contributed by atoms with Crippen LogP contribution in [-0.2, 0) is 13.0 Å². The zero-order valence-corrected chi connectivity index (χ0v) is 13.2. The summed E-state index contributed by atoms with van der Waals surface area (Å²) in [4.78, 5) is 10.0. The van der Waals surface area contributed by atoms with Crippen LogP contribution < -0.4 is 4.74 Å². The van der Waals surface area contributed by atoms with Gasteiger partial charge in [-0.15, -0.1) is 0 Å². The summed E-state index contributed by atoms with van der Waals surface area (Å²) in [7, 11) is 0. The molecule has 6 nitrogen and oxygen atoms in total. The minimum atomic E-state index is -0.779. The van der Waals surface area contributed by atoms with Crippen molar-refractivity contribution in [2.45, 2.75) is 13.0 Å². The molecule has 0 saturated heterocycles. The molecule has 116 valence electrons. The van der Waals surface area contributed by atoms with Gasteiger partial charge in [0, 0.05) is 18.0 Å². The van der Waals surface area contributed by atoms with Crippen LogP contribution in [-0.4, -0.2) is 14.7 Å². The molecule has 2 heterocycles. The predicted molar refractivity (Wildman–Crippen MR) is 84.3 cm³/mol. The molecule has 0 bridgehead atoms. The first-order chi connectivity index (χ1) is 11.0. The Hall–Kier alpha value is -2.48. The van der Waals surface area contributed by atoms with Gasteiger partial charge in [0.15, 0.2) is 11.6 Å². The summed E-state index contributed by atoms with van der Waals surface area (Å²) in [5.41, 5.74) is 1.80. The van der Waals surface area contributed by atoms with Gasteiger partial charge in [-0.25, -0.2) is 4.39 Å².